The lowest BCUT2D eigenvalue weighted by Crippen LogP contribution is -2.14. The topological polar surface area (TPSA) is 26.0 Å². The zero-order valence-corrected chi connectivity index (χ0v) is 10.9. The van der Waals surface area contributed by atoms with E-state index in [1.807, 2.05) is 17.8 Å². The van der Waals surface area contributed by atoms with Crippen LogP contribution >= 0.6 is 27.7 Å². The van der Waals surface area contributed by atoms with Crippen molar-refractivity contribution in [2.24, 2.45) is 5.73 Å². The van der Waals surface area contributed by atoms with Crippen molar-refractivity contribution in [3.05, 3.63) is 33.5 Å². The minimum absolute atomic E-state index is 0.0295. The fraction of sp³-hybridized carbons (Fsp3) is 0.455. The third kappa shape index (κ3) is 2.22. The largest absolute Gasteiger partial charge is 0.324 e. The number of fused-ring (bicyclic) bond motifs is 1. The smallest absolute Gasteiger partial charge is 0.137 e. The van der Waals surface area contributed by atoms with Crippen LogP contribution in [0.1, 0.15) is 30.5 Å². The lowest BCUT2D eigenvalue weighted by atomic mass is 9.98. The van der Waals surface area contributed by atoms with Crippen molar-refractivity contribution in [2.75, 3.05) is 0 Å². The summed E-state index contributed by atoms with van der Waals surface area (Å²) in [6, 6.07) is 3.34. The molecular formula is C11H13BrFNS. The van der Waals surface area contributed by atoms with Crippen molar-refractivity contribution in [3.63, 3.8) is 0 Å². The molecule has 4 heteroatoms. The van der Waals surface area contributed by atoms with E-state index in [1.165, 1.54) is 6.07 Å². The molecule has 15 heavy (non-hydrogen) atoms. The highest BCUT2D eigenvalue weighted by molar-refractivity contribution is 9.10. The van der Waals surface area contributed by atoms with Gasteiger partial charge in [0.1, 0.15) is 5.82 Å². The Kier molecular flexibility index (Phi) is 3.38. The highest BCUT2D eigenvalue weighted by Crippen LogP contribution is 2.37. The summed E-state index contributed by atoms with van der Waals surface area (Å²) in [6.07, 6.45) is 0.954. The van der Waals surface area contributed by atoms with E-state index in [1.54, 1.807) is 0 Å². The Morgan fingerprint density at radius 1 is 1.53 bits per heavy atom. The van der Waals surface area contributed by atoms with Gasteiger partial charge in [-0.3, -0.25) is 0 Å². The number of rotatable bonds is 0. The van der Waals surface area contributed by atoms with Crippen LogP contribution in [0.5, 0.6) is 0 Å². The molecule has 1 nitrogen and oxygen atoms in total. The first-order valence-electron chi connectivity index (χ1n) is 4.93. The maximum atomic E-state index is 13.4. The maximum absolute atomic E-state index is 13.4. The summed E-state index contributed by atoms with van der Waals surface area (Å²) in [6.45, 7) is 2.17. The van der Waals surface area contributed by atoms with Crippen LogP contribution in [0.15, 0.2) is 16.6 Å². The molecular weight excluding hydrogens is 277 g/mol. The van der Waals surface area contributed by atoms with Gasteiger partial charge in [0.05, 0.1) is 4.47 Å². The van der Waals surface area contributed by atoms with Crippen LogP contribution in [0.2, 0.25) is 0 Å². The van der Waals surface area contributed by atoms with E-state index in [2.05, 4.69) is 22.9 Å². The summed E-state index contributed by atoms with van der Waals surface area (Å²) < 4.78 is 13.9. The number of benzene rings is 1. The molecule has 82 valence electrons. The summed E-state index contributed by atoms with van der Waals surface area (Å²) in [5.41, 5.74) is 8.21. The van der Waals surface area contributed by atoms with Crippen LogP contribution in [0.3, 0.4) is 0 Å². The van der Waals surface area contributed by atoms with Gasteiger partial charge in [0.25, 0.3) is 0 Å². The van der Waals surface area contributed by atoms with Gasteiger partial charge in [-0.15, -0.1) is 0 Å². The van der Waals surface area contributed by atoms with Gasteiger partial charge in [0.15, 0.2) is 0 Å². The molecule has 0 fully saturated rings. The SMILES string of the molecule is CC1C[C@@H](N)c2ccc(F)c(Br)c2CS1. The quantitative estimate of drug-likeness (QED) is 0.790. The highest BCUT2D eigenvalue weighted by atomic mass is 79.9. The van der Waals surface area contributed by atoms with Gasteiger partial charge in [0.2, 0.25) is 0 Å². The summed E-state index contributed by atoms with van der Waals surface area (Å²) in [5.74, 6) is 0.638. The van der Waals surface area contributed by atoms with Crippen molar-refractivity contribution in [1.29, 1.82) is 0 Å². The molecule has 0 amide bonds. The molecule has 1 aliphatic heterocycles. The Hall–Kier alpha value is -0.0600. The van der Waals surface area contributed by atoms with Gasteiger partial charge in [-0.05, 0) is 39.5 Å². The normalized spacial score (nSPS) is 25.9. The van der Waals surface area contributed by atoms with E-state index < -0.39 is 0 Å². The van der Waals surface area contributed by atoms with Crippen LogP contribution in [0.4, 0.5) is 4.39 Å². The standard InChI is InChI=1S/C11H13BrFNS/c1-6-4-10(14)7-2-3-9(13)11(12)8(7)5-15-6/h2-3,6,10H,4-5,14H2,1H3/t6?,10-/m1/s1. The van der Waals surface area contributed by atoms with Crippen molar-refractivity contribution >= 4 is 27.7 Å². The van der Waals surface area contributed by atoms with Crippen molar-refractivity contribution in [2.45, 2.75) is 30.4 Å². The molecule has 1 heterocycles. The van der Waals surface area contributed by atoms with Crippen LogP contribution in [0.25, 0.3) is 0 Å². The predicted molar refractivity (Wildman–Crippen MR) is 66.4 cm³/mol. The second kappa shape index (κ2) is 4.44. The van der Waals surface area contributed by atoms with Gasteiger partial charge < -0.3 is 5.73 Å². The summed E-state index contributed by atoms with van der Waals surface area (Å²) in [5, 5.41) is 0.530. The molecule has 0 spiro atoms. The monoisotopic (exact) mass is 289 g/mol. The van der Waals surface area contributed by atoms with E-state index in [-0.39, 0.29) is 11.9 Å². The van der Waals surface area contributed by atoms with Gasteiger partial charge >= 0.3 is 0 Å². The number of halogens is 2. The number of thioether (sulfide) groups is 1. The Balaban J connectivity index is 2.48. The molecule has 2 atom stereocenters. The lowest BCUT2D eigenvalue weighted by Gasteiger charge is -2.14. The molecule has 0 radical (unpaired) electrons. The Morgan fingerprint density at radius 2 is 2.27 bits per heavy atom. The molecule has 2 N–H and O–H groups in total. The summed E-state index contributed by atoms with van der Waals surface area (Å²) in [7, 11) is 0. The van der Waals surface area contributed by atoms with Crippen LogP contribution < -0.4 is 5.73 Å². The molecule has 1 aromatic rings. The first-order chi connectivity index (χ1) is 7.09. The molecule has 0 bridgehead atoms. The van der Waals surface area contributed by atoms with Gasteiger partial charge in [-0.25, -0.2) is 4.39 Å². The third-order valence-corrected chi connectivity index (χ3v) is 4.80. The minimum atomic E-state index is -0.198. The Bertz CT molecular complexity index is 383. The molecule has 1 aliphatic rings. The Morgan fingerprint density at radius 3 is 3.00 bits per heavy atom. The second-order valence-electron chi connectivity index (χ2n) is 3.89. The average molecular weight is 290 g/mol. The maximum Gasteiger partial charge on any atom is 0.137 e. The van der Waals surface area contributed by atoms with Gasteiger partial charge in [-0.1, -0.05) is 13.0 Å². The zero-order chi connectivity index (χ0) is 11.0. The highest BCUT2D eigenvalue weighted by Gasteiger charge is 2.22. The van der Waals surface area contributed by atoms with Crippen LogP contribution in [-0.2, 0) is 5.75 Å². The van der Waals surface area contributed by atoms with Gasteiger partial charge in [0, 0.05) is 17.0 Å². The number of hydrogen-bond acceptors (Lipinski definition) is 2. The van der Waals surface area contributed by atoms with Crippen molar-refractivity contribution in [1.82, 2.24) is 0 Å². The molecule has 0 saturated heterocycles. The molecule has 1 aromatic carbocycles. The molecule has 0 aromatic heterocycles. The van der Waals surface area contributed by atoms with Crippen LogP contribution in [0, 0.1) is 5.82 Å². The second-order valence-corrected chi connectivity index (χ2v) is 6.11. The fourth-order valence-corrected chi connectivity index (χ4v) is 3.67. The Labute approximate surface area is 102 Å². The fourth-order valence-electron chi connectivity index (χ4n) is 1.88. The minimum Gasteiger partial charge on any atom is -0.324 e. The predicted octanol–water partition coefficient (Wildman–Crippen LogP) is 3.61. The molecule has 2 rings (SSSR count). The summed E-state index contributed by atoms with van der Waals surface area (Å²) >= 11 is 5.14. The number of hydrogen-bond donors (Lipinski definition) is 1. The van der Waals surface area contributed by atoms with E-state index >= 15 is 0 Å². The molecule has 1 unspecified atom stereocenters. The number of nitrogens with two attached hydrogens (primary N) is 1. The van der Waals surface area contributed by atoms with E-state index in [0.29, 0.717) is 9.72 Å². The average Bonchev–Trinajstić information content (AvgIpc) is 2.32. The van der Waals surface area contributed by atoms with Crippen molar-refractivity contribution < 1.29 is 4.39 Å². The first-order valence-corrected chi connectivity index (χ1v) is 6.77. The summed E-state index contributed by atoms with van der Waals surface area (Å²) in [4.78, 5) is 0. The van der Waals surface area contributed by atoms with E-state index in [4.69, 9.17) is 5.73 Å². The lowest BCUT2D eigenvalue weighted by molar-refractivity contribution is 0.611. The third-order valence-electron chi connectivity index (χ3n) is 2.73. The van der Waals surface area contributed by atoms with Crippen molar-refractivity contribution in [3.8, 4) is 0 Å². The molecule has 0 aliphatic carbocycles. The van der Waals surface area contributed by atoms with E-state index in [0.717, 1.165) is 23.3 Å². The van der Waals surface area contributed by atoms with Crippen LogP contribution in [-0.4, -0.2) is 5.25 Å². The molecule has 0 saturated carbocycles. The first kappa shape index (κ1) is 11.4. The van der Waals surface area contributed by atoms with Gasteiger partial charge in [-0.2, -0.15) is 11.8 Å². The zero-order valence-electron chi connectivity index (χ0n) is 8.47. The van der Waals surface area contributed by atoms with E-state index in [9.17, 15) is 4.39 Å².